The minimum atomic E-state index is -0.158. The number of nitrogens with one attached hydrogen (secondary N) is 1. The van der Waals surface area contributed by atoms with Gasteiger partial charge in [-0.1, -0.05) is 35.9 Å². The van der Waals surface area contributed by atoms with Crippen LogP contribution in [0.5, 0.6) is 0 Å². The lowest BCUT2D eigenvalue weighted by Gasteiger charge is -2.21. The smallest absolute Gasteiger partial charge is 0.128 e. The van der Waals surface area contributed by atoms with Gasteiger partial charge in [0.2, 0.25) is 0 Å². The van der Waals surface area contributed by atoms with Crippen LogP contribution < -0.4 is 5.32 Å². The minimum Gasteiger partial charge on any atom is -0.313 e. The van der Waals surface area contributed by atoms with Gasteiger partial charge in [-0.15, -0.1) is 0 Å². The van der Waals surface area contributed by atoms with Crippen molar-refractivity contribution in [3.05, 3.63) is 69.5 Å². The van der Waals surface area contributed by atoms with E-state index in [2.05, 4.69) is 5.32 Å². The van der Waals surface area contributed by atoms with Crippen molar-refractivity contribution in [1.29, 1.82) is 0 Å². The lowest BCUT2D eigenvalue weighted by molar-refractivity contribution is 0.530. The van der Waals surface area contributed by atoms with Crippen LogP contribution in [-0.4, -0.2) is 7.05 Å². The quantitative estimate of drug-likeness (QED) is 0.868. The van der Waals surface area contributed by atoms with Crippen LogP contribution >= 0.6 is 11.6 Å². The molecule has 2 rings (SSSR count). The van der Waals surface area contributed by atoms with Crippen molar-refractivity contribution in [3.63, 3.8) is 0 Å². The molecule has 1 atom stereocenters. The largest absolute Gasteiger partial charge is 0.313 e. The average Bonchev–Trinajstić information content (AvgIpc) is 2.38. The zero-order valence-corrected chi connectivity index (χ0v) is 12.8. The van der Waals surface area contributed by atoms with Crippen molar-refractivity contribution in [2.45, 2.75) is 26.3 Å². The Bertz CT molecular complexity index is 587. The van der Waals surface area contributed by atoms with E-state index in [9.17, 15) is 4.39 Å². The molecule has 20 heavy (non-hydrogen) atoms. The standard InChI is InChI=1S/C17H19ClFN/c1-11-8-12(2)17(15(19)9-11)16(20-3)10-13-6-4-5-7-14(13)18/h4-9,16,20H,10H2,1-3H3. The second-order valence-corrected chi connectivity index (χ2v) is 5.52. The monoisotopic (exact) mass is 291 g/mol. The summed E-state index contributed by atoms with van der Waals surface area (Å²) < 4.78 is 14.3. The molecular weight excluding hydrogens is 273 g/mol. The molecule has 0 aliphatic rings. The molecule has 0 bridgehead atoms. The van der Waals surface area contributed by atoms with Gasteiger partial charge in [0.05, 0.1) is 0 Å². The second-order valence-electron chi connectivity index (χ2n) is 5.11. The van der Waals surface area contributed by atoms with Crippen LogP contribution in [0.15, 0.2) is 36.4 Å². The highest BCUT2D eigenvalue weighted by Crippen LogP contribution is 2.28. The van der Waals surface area contributed by atoms with Crippen molar-refractivity contribution >= 4 is 11.6 Å². The van der Waals surface area contributed by atoms with Gasteiger partial charge in [0, 0.05) is 16.6 Å². The minimum absolute atomic E-state index is 0.0875. The molecule has 0 radical (unpaired) electrons. The van der Waals surface area contributed by atoms with Crippen molar-refractivity contribution in [1.82, 2.24) is 5.32 Å². The highest BCUT2D eigenvalue weighted by molar-refractivity contribution is 6.31. The molecule has 106 valence electrons. The van der Waals surface area contributed by atoms with Gasteiger partial charge in [0.1, 0.15) is 5.82 Å². The number of hydrogen-bond donors (Lipinski definition) is 1. The van der Waals surface area contributed by atoms with E-state index in [0.29, 0.717) is 6.42 Å². The SMILES string of the molecule is CNC(Cc1ccccc1Cl)c1c(C)cc(C)cc1F. The molecule has 1 N–H and O–H groups in total. The summed E-state index contributed by atoms with van der Waals surface area (Å²) in [5.74, 6) is -0.158. The fourth-order valence-corrected chi connectivity index (χ4v) is 2.81. The first-order chi connectivity index (χ1) is 9.52. The van der Waals surface area contributed by atoms with Crippen LogP contribution in [0.3, 0.4) is 0 Å². The molecule has 1 nitrogen and oxygen atoms in total. The van der Waals surface area contributed by atoms with E-state index in [0.717, 1.165) is 27.3 Å². The van der Waals surface area contributed by atoms with E-state index in [1.807, 2.05) is 51.2 Å². The first kappa shape index (κ1) is 15.0. The van der Waals surface area contributed by atoms with E-state index in [4.69, 9.17) is 11.6 Å². The number of hydrogen-bond acceptors (Lipinski definition) is 1. The highest BCUT2D eigenvalue weighted by atomic mass is 35.5. The lowest BCUT2D eigenvalue weighted by Crippen LogP contribution is -2.21. The molecule has 1 unspecified atom stereocenters. The van der Waals surface area contributed by atoms with E-state index < -0.39 is 0 Å². The van der Waals surface area contributed by atoms with Crippen LogP contribution in [0.1, 0.15) is 28.3 Å². The van der Waals surface area contributed by atoms with E-state index in [1.54, 1.807) is 6.07 Å². The van der Waals surface area contributed by atoms with Gasteiger partial charge in [0.25, 0.3) is 0 Å². The Morgan fingerprint density at radius 1 is 1.20 bits per heavy atom. The van der Waals surface area contributed by atoms with E-state index in [-0.39, 0.29) is 11.9 Å². The Labute approximate surface area is 124 Å². The lowest BCUT2D eigenvalue weighted by atomic mass is 9.93. The third kappa shape index (κ3) is 3.20. The number of halogens is 2. The zero-order valence-electron chi connectivity index (χ0n) is 12.0. The van der Waals surface area contributed by atoms with Crippen molar-refractivity contribution in [2.24, 2.45) is 0 Å². The van der Waals surface area contributed by atoms with Crippen LogP contribution in [0.2, 0.25) is 5.02 Å². The van der Waals surface area contributed by atoms with Gasteiger partial charge >= 0.3 is 0 Å². The molecular formula is C17H19ClFN. The maximum absolute atomic E-state index is 14.3. The molecule has 0 spiro atoms. The summed E-state index contributed by atoms with van der Waals surface area (Å²) >= 11 is 6.20. The molecule has 0 saturated carbocycles. The van der Waals surface area contributed by atoms with Gasteiger partial charge < -0.3 is 5.32 Å². The van der Waals surface area contributed by atoms with Gasteiger partial charge in [-0.2, -0.15) is 0 Å². The summed E-state index contributed by atoms with van der Waals surface area (Å²) in [5.41, 5.74) is 3.65. The number of likely N-dealkylation sites (N-methyl/N-ethyl adjacent to an activating group) is 1. The summed E-state index contributed by atoms with van der Waals surface area (Å²) in [5, 5.41) is 3.92. The van der Waals surface area contributed by atoms with E-state index >= 15 is 0 Å². The summed E-state index contributed by atoms with van der Waals surface area (Å²) in [7, 11) is 1.85. The number of rotatable bonds is 4. The molecule has 0 amide bonds. The molecule has 0 saturated heterocycles. The summed E-state index contributed by atoms with van der Waals surface area (Å²) in [4.78, 5) is 0. The van der Waals surface area contributed by atoms with Crippen molar-refractivity contribution in [3.8, 4) is 0 Å². The first-order valence-electron chi connectivity index (χ1n) is 6.70. The maximum Gasteiger partial charge on any atom is 0.128 e. The van der Waals surface area contributed by atoms with Crippen LogP contribution in [0.4, 0.5) is 4.39 Å². The third-order valence-electron chi connectivity index (χ3n) is 3.56. The van der Waals surface area contributed by atoms with E-state index in [1.165, 1.54) is 0 Å². The molecule has 0 aliphatic carbocycles. The predicted molar refractivity (Wildman–Crippen MR) is 82.8 cm³/mol. The van der Waals surface area contributed by atoms with Gasteiger partial charge in [-0.3, -0.25) is 0 Å². The maximum atomic E-state index is 14.3. The van der Waals surface area contributed by atoms with Crippen LogP contribution in [0, 0.1) is 19.7 Å². The fraction of sp³-hybridized carbons (Fsp3) is 0.294. The molecule has 2 aromatic carbocycles. The van der Waals surface area contributed by atoms with Gasteiger partial charge in [-0.25, -0.2) is 4.39 Å². The van der Waals surface area contributed by atoms with Crippen molar-refractivity contribution < 1.29 is 4.39 Å². The predicted octanol–water partition coefficient (Wildman–Crippen LogP) is 4.60. The Balaban J connectivity index is 2.37. The first-order valence-corrected chi connectivity index (χ1v) is 7.08. The van der Waals surface area contributed by atoms with Gasteiger partial charge in [0.15, 0.2) is 0 Å². The Kier molecular flexibility index (Phi) is 4.79. The topological polar surface area (TPSA) is 12.0 Å². The summed E-state index contributed by atoms with van der Waals surface area (Å²) in [6.45, 7) is 3.85. The molecule has 0 aromatic heterocycles. The van der Waals surface area contributed by atoms with Crippen molar-refractivity contribution in [2.75, 3.05) is 7.05 Å². The Hall–Kier alpha value is -1.38. The molecule has 3 heteroatoms. The average molecular weight is 292 g/mol. The third-order valence-corrected chi connectivity index (χ3v) is 3.93. The molecule has 0 aliphatic heterocycles. The Morgan fingerprint density at radius 3 is 2.50 bits per heavy atom. The summed E-state index contributed by atoms with van der Waals surface area (Å²) in [6, 6.07) is 11.2. The second kappa shape index (κ2) is 6.38. The van der Waals surface area contributed by atoms with Crippen LogP contribution in [-0.2, 0) is 6.42 Å². The molecule has 0 heterocycles. The number of aryl methyl sites for hydroxylation is 2. The highest BCUT2D eigenvalue weighted by Gasteiger charge is 2.18. The summed E-state index contributed by atoms with van der Waals surface area (Å²) in [6.07, 6.45) is 0.664. The fourth-order valence-electron chi connectivity index (χ4n) is 2.60. The molecule has 2 aromatic rings. The van der Waals surface area contributed by atoms with Gasteiger partial charge in [-0.05, 0) is 56.1 Å². The normalized spacial score (nSPS) is 12.4. The zero-order chi connectivity index (χ0) is 14.7. The Morgan fingerprint density at radius 2 is 1.90 bits per heavy atom. The number of benzene rings is 2. The van der Waals surface area contributed by atoms with Crippen LogP contribution in [0.25, 0.3) is 0 Å². The molecule has 0 fully saturated rings.